The number of amides is 1. The van der Waals surface area contributed by atoms with Gasteiger partial charge in [0.1, 0.15) is 23.0 Å². The zero-order chi connectivity index (χ0) is 20.1. The number of carbonyl (C=O) groups excluding carboxylic acids is 2. The Balaban J connectivity index is 1.72. The molecule has 0 saturated heterocycles. The average molecular weight is 377 g/mol. The van der Waals surface area contributed by atoms with Crippen LogP contribution in [0.5, 0.6) is 0 Å². The Morgan fingerprint density at radius 3 is 2.61 bits per heavy atom. The molecule has 2 heterocycles. The zero-order valence-electron chi connectivity index (χ0n) is 15.6. The average Bonchev–Trinajstić information content (AvgIpc) is 3.33. The minimum Gasteiger partial charge on any atom is -0.452 e. The summed E-state index contributed by atoms with van der Waals surface area (Å²) in [4.78, 5) is 24.7. The fraction of sp³-hybridized carbons (Fsp3) is 0.190. The maximum Gasteiger partial charge on any atom is 0.343 e. The van der Waals surface area contributed by atoms with Crippen LogP contribution in [0.1, 0.15) is 34.2 Å². The van der Waals surface area contributed by atoms with E-state index in [0.29, 0.717) is 5.69 Å². The summed E-state index contributed by atoms with van der Waals surface area (Å²) in [5.74, 6) is -0.755. The van der Waals surface area contributed by atoms with Crippen molar-refractivity contribution < 1.29 is 18.7 Å². The Hall–Kier alpha value is -3.79. The Morgan fingerprint density at radius 1 is 1.21 bits per heavy atom. The van der Waals surface area contributed by atoms with Gasteiger partial charge in [0.25, 0.3) is 5.91 Å². The highest BCUT2D eigenvalue weighted by Crippen LogP contribution is 2.26. The number of benzene rings is 1. The van der Waals surface area contributed by atoms with Crippen LogP contribution in [-0.4, -0.2) is 23.1 Å². The highest BCUT2D eigenvalue weighted by molar-refractivity contribution is 5.98. The molecule has 0 unspecified atom stereocenters. The first-order valence-corrected chi connectivity index (χ1v) is 8.76. The van der Waals surface area contributed by atoms with Crippen LogP contribution in [0.2, 0.25) is 0 Å². The van der Waals surface area contributed by atoms with Gasteiger partial charge in [0.05, 0.1) is 0 Å². The van der Waals surface area contributed by atoms with Crippen molar-refractivity contribution in [1.29, 1.82) is 5.26 Å². The molecule has 0 radical (unpaired) electrons. The van der Waals surface area contributed by atoms with Gasteiger partial charge >= 0.3 is 5.97 Å². The van der Waals surface area contributed by atoms with Gasteiger partial charge in [-0.05, 0) is 37.1 Å². The molecule has 0 bridgehead atoms. The fourth-order valence-electron chi connectivity index (χ4n) is 2.87. The highest BCUT2D eigenvalue weighted by atomic mass is 16.5. The summed E-state index contributed by atoms with van der Waals surface area (Å²) in [5, 5.41) is 12.2. The number of ether oxygens (including phenoxy) is 1. The van der Waals surface area contributed by atoms with Gasteiger partial charge in [-0.3, -0.25) is 9.36 Å². The highest BCUT2D eigenvalue weighted by Gasteiger charge is 2.26. The van der Waals surface area contributed by atoms with E-state index in [9.17, 15) is 14.9 Å². The maximum absolute atomic E-state index is 12.5. The molecule has 1 N–H and O–H groups in total. The number of furan rings is 1. The van der Waals surface area contributed by atoms with Gasteiger partial charge in [0.2, 0.25) is 5.88 Å². The van der Waals surface area contributed by atoms with E-state index in [1.165, 1.54) is 0 Å². The van der Waals surface area contributed by atoms with Crippen molar-refractivity contribution in [2.75, 3.05) is 11.9 Å². The van der Waals surface area contributed by atoms with Gasteiger partial charge in [-0.1, -0.05) is 25.1 Å². The second kappa shape index (κ2) is 8.27. The summed E-state index contributed by atoms with van der Waals surface area (Å²) in [5.41, 5.74) is 1.75. The number of aryl methyl sites for hydroxylation is 2. The molecule has 0 fully saturated rings. The fourth-order valence-corrected chi connectivity index (χ4v) is 2.87. The molecule has 28 heavy (non-hydrogen) atoms. The summed E-state index contributed by atoms with van der Waals surface area (Å²) < 4.78 is 12.3. The second-order valence-corrected chi connectivity index (χ2v) is 6.05. The van der Waals surface area contributed by atoms with Crippen LogP contribution in [0.15, 0.2) is 53.2 Å². The number of nitrogens with zero attached hydrogens (tertiary/aromatic N) is 2. The zero-order valence-corrected chi connectivity index (χ0v) is 15.6. The number of carbonyl (C=O) groups is 2. The van der Waals surface area contributed by atoms with Crippen molar-refractivity contribution in [3.63, 3.8) is 0 Å². The smallest absolute Gasteiger partial charge is 0.343 e. The number of nitrogens with one attached hydrogen (secondary N) is 1. The van der Waals surface area contributed by atoms with Crippen LogP contribution in [-0.2, 0) is 16.0 Å². The second-order valence-electron chi connectivity index (χ2n) is 6.05. The third-order valence-corrected chi connectivity index (χ3v) is 4.23. The molecule has 7 nitrogen and oxygen atoms in total. The summed E-state index contributed by atoms with van der Waals surface area (Å²) in [6.07, 6.45) is 4.16. The maximum atomic E-state index is 12.5. The molecular formula is C21H19N3O4. The predicted molar refractivity (Wildman–Crippen MR) is 102 cm³/mol. The minimum absolute atomic E-state index is 0.0213. The van der Waals surface area contributed by atoms with E-state index in [-0.39, 0.29) is 22.8 Å². The molecule has 0 aliphatic carbocycles. The normalized spacial score (nSPS) is 10.3. The summed E-state index contributed by atoms with van der Waals surface area (Å²) in [7, 11) is 0. The molecule has 0 atom stereocenters. The molecule has 3 aromatic rings. The number of rotatable bonds is 6. The Kier molecular flexibility index (Phi) is 5.61. The molecule has 2 aromatic heterocycles. The number of anilines is 1. The van der Waals surface area contributed by atoms with Gasteiger partial charge in [0.15, 0.2) is 6.61 Å². The van der Waals surface area contributed by atoms with Crippen molar-refractivity contribution >= 4 is 17.6 Å². The molecule has 1 aromatic carbocycles. The van der Waals surface area contributed by atoms with E-state index in [1.807, 2.05) is 31.2 Å². The first kappa shape index (κ1) is 19.0. The minimum atomic E-state index is -0.782. The van der Waals surface area contributed by atoms with Gasteiger partial charge in [-0.25, -0.2) is 4.79 Å². The van der Waals surface area contributed by atoms with Gasteiger partial charge < -0.3 is 14.5 Å². The number of aromatic nitrogens is 1. The number of hydrogen-bond acceptors (Lipinski definition) is 5. The molecule has 3 rings (SSSR count). The first-order chi connectivity index (χ1) is 13.5. The Bertz CT molecular complexity index is 1040. The molecule has 0 aliphatic rings. The van der Waals surface area contributed by atoms with E-state index in [4.69, 9.17) is 9.15 Å². The molecule has 142 valence electrons. The number of hydrogen-bond donors (Lipinski definition) is 1. The molecular weight excluding hydrogens is 358 g/mol. The summed E-state index contributed by atoms with van der Waals surface area (Å²) in [6, 6.07) is 12.9. The lowest BCUT2D eigenvalue weighted by Gasteiger charge is -2.10. The number of para-hydroxylation sites is 1. The van der Waals surface area contributed by atoms with Crippen molar-refractivity contribution in [3.8, 4) is 12.0 Å². The van der Waals surface area contributed by atoms with E-state index in [0.717, 1.165) is 12.0 Å². The molecule has 7 heteroatoms. The van der Waals surface area contributed by atoms with Crippen LogP contribution in [0.3, 0.4) is 0 Å². The van der Waals surface area contributed by atoms with Crippen LogP contribution in [0.4, 0.5) is 5.69 Å². The van der Waals surface area contributed by atoms with Crippen molar-refractivity contribution in [1.82, 2.24) is 4.57 Å². The van der Waals surface area contributed by atoms with Crippen LogP contribution >= 0.6 is 0 Å². The van der Waals surface area contributed by atoms with E-state index in [1.54, 1.807) is 42.1 Å². The predicted octanol–water partition coefficient (Wildman–Crippen LogP) is 3.61. The number of nitriles is 1. The number of esters is 1. The quantitative estimate of drug-likeness (QED) is 0.662. The van der Waals surface area contributed by atoms with Crippen LogP contribution < -0.4 is 5.32 Å². The lowest BCUT2D eigenvalue weighted by atomic mass is 10.1. The van der Waals surface area contributed by atoms with Crippen LogP contribution in [0, 0.1) is 18.3 Å². The Labute approximate surface area is 162 Å². The molecule has 1 amide bonds. The monoisotopic (exact) mass is 377 g/mol. The third kappa shape index (κ3) is 3.81. The van der Waals surface area contributed by atoms with Crippen molar-refractivity contribution in [2.24, 2.45) is 0 Å². The lowest BCUT2D eigenvalue weighted by Crippen LogP contribution is -2.22. The van der Waals surface area contributed by atoms with E-state index >= 15 is 0 Å². The van der Waals surface area contributed by atoms with Crippen LogP contribution in [0.25, 0.3) is 5.88 Å². The van der Waals surface area contributed by atoms with Crippen molar-refractivity contribution in [2.45, 2.75) is 20.3 Å². The largest absolute Gasteiger partial charge is 0.452 e. The Morgan fingerprint density at radius 2 is 1.93 bits per heavy atom. The SMILES string of the molecule is CCc1ccccc1NC(=O)COC(=O)c1c(C)oc(-n2cccc2)c1C#N. The van der Waals surface area contributed by atoms with Gasteiger partial charge in [0, 0.05) is 18.1 Å². The summed E-state index contributed by atoms with van der Waals surface area (Å²) in [6.45, 7) is 3.09. The standard InChI is InChI=1S/C21H19N3O4/c1-3-15-8-4-5-9-17(15)23-18(25)13-27-21(26)19-14(2)28-20(16(19)12-22)24-10-6-7-11-24/h4-11H,3,13H2,1-2H3,(H,23,25). The molecule has 0 saturated carbocycles. The first-order valence-electron chi connectivity index (χ1n) is 8.76. The van der Waals surface area contributed by atoms with Gasteiger partial charge in [-0.2, -0.15) is 5.26 Å². The lowest BCUT2D eigenvalue weighted by molar-refractivity contribution is -0.119. The van der Waals surface area contributed by atoms with E-state index in [2.05, 4.69) is 5.32 Å². The third-order valence-electron chi connectivity index (χ3n) is 4.23. The molecule has 0 aliphatic heterocycles. The van der Waals surface area contributed by atoms with E-state index < -0.39 is 18.5 Å². The topological polar surface area (TPSA) is 97.3 Å². The van der Waals surface area contributed by atoms with Crippen molar-refractivity contribution in [3.05, 3.63) is 71.2 Å². The summed E-state index contributed by atoms with van der Waals surface area (Å²) >= 11 is 0. The molecule has 0 spiro atoms. The van der Waals surface area contributed by atoms with Gasteiger partial charge in [-0.15, -0.1) is 0 Å².